The number of aliphatic carboxylic acids is 1. The first-order valence-corrected chi connectivity index (χ1v) is 8.24. The molecule has 146 valence electrons. The molecule has 0 bridgehead atoms. The van der Waals surface area contributed by atoms with Crippen LogP contribution in [0.1, 0.15) is 16.8 Å². The predicted octanol–water partition coefficient (Wildman–Crippen LogP) is 2.72. The lowest BCUT2D eigenvalue weighted by Crippen LogP contribution is -2.25. The average Bonchev–Trinajstić information content (AvgIpc) is 2.85. The second kappa shape index (κ2) is 9.31. The normalized spacial score (nSPS) is 14.4. The van der Waals surface area contributed by atoms with E-state index < -0.39 is 12.1 Å². The standard InChI is InChI=1S/C16H19N3O.C2HF3O2/c1-20-16-14-7-9-19(10-8-15(14)17-12-18-16)11-13-5-3-2-4-6-13;3-2(4,5)1(6)7/h2-6,12H,7-11H2,1H3;(H,6,7). The van der Waals surface area contributed by atoms with E-state index in [9.17, 15) is 13.2 Å². The Bertz CT molecular complexity index is 755. The second-order valence-corrected chi connectivity index (χ2v) is 5.87. The first kappa shape index (κ1) is 20.6. The molecule has 0 spiro atoms. The number of methoxy groups -OCH3 is 1. The van der Waals surface area contributed by atoms with Crippen molar-refractivity contribution in [3.05, 3.63) is 53.5 Å². The number of halogens is 3. The molecular weight excluding hydrogens is 363 g/mol. The fraction of sp³-hybridized carbons (Fsp3) is 0.389. The van der Waals surface area contributed by atoms with Crippen LogP contribution in [0.15, 0.2) is 36.7 Å². The van der Waals surface area contributed by atoms with Crippen molar-refractivity contribution in [3.63, 3.8) is 0 Å². The molecule has 0 saturated carbocycles. The van der Waals surface area contributed by atoms with Crippen molar-refractivity contribution < 1.29 is 27.8 Å². The molecule has 0 fully saturated rings. The zero-order chi connectivity index (χ0) is 19.9. The van der Waals surface area contributed by atoms with Gasteiger partial charge in [-0.3, -0.25) is 4.90 Å². The summed E-state index contributed by atoms with van der Waals surface area (Å²) in [6.07, 6.45) is -1.57. The first-order valence-electron chi connectivity index (χ1n) is 8.24. The van der Waals surface area contributed by atoms with Crippen molar-refractivity contribution in [1.82, 2.24) is 14.9 Å². The number of benzene rings is 1. The molecule has 0 saturated heterocycles. The van der Waals surface area contributed by atoms with Gasteiger partial charge in [0.15, 0.2) is 0 Å². The van der Waals surface area contributed by atoms with Gasteiger partial charge in [-0.2, -0.15) is 13.2 Å². The van der Waals surface area contributed by atoms with Gasteiger partial charge in [-0.05, 0) is 12.0 Å². The van der Waals surface area contributed by atoms with Crippen LogP contribution >= 0.6 is 0 Å². The summed E-state index contributed by atoms with van der Waals surface area (Å²) in [6.45, 7) is 3.04. The SMILES string of the molecule is COc1ncnc2c1CCN(Cc1ccccc1)CC2.O=C(O)C(F)(F)F. The number of alkyl halides is 3. The summed E-state index contributed by atoms with van der Waals surface area (Å²) >= 11 is 0. The van der Waals surface area contributed by atoms with E-state index in [4.69, 9.17) is 14.6 Å². The number of nitrogens with zero attached hydrogens (tertiary/aromatic N) is 3. The Balaban J connectivity index is 0.000000321. The number of ether oxygens (including phenoxy) is 1. The van der Waals surface area contributed by atoms with Crippen LogP contribution in [0.3, 0.4) is 0 Å². The molecule has 0 aliphatic carbocycles. The van der Waals surface area contributed by atoms with Crippen LogP contribution in [-0.4, -0.2) is 52.3 Å². The molecule has 1 aromatic heterocycles. The fourth-order valence-electron chi connectivity index (χ4n) is 2.72. The van der Waals surface area contributed by atoms with Crippen molar-refractivity contribution in [3.8, 4) is 5.88 Å². The van der Waals surface area contributed by atoms with E-state index in [0.717, 1.165) is 44.0 Å². The van der Waals surface area contributed by atoms with Gasteiger partial charge in [0, 0.05) is 31.6 Å². The summed E-state index contributed by atoms with van der Waals surface area (Å²) in [4.78, 5) is 20.0. The number of aromatic nitrogens is 2. The second-order valence-electron chi connectivity index (χ2n) is 5.87. The van der Waals surface area contributed by atoms with Crippen molar-refractivity contribution in [2.45, 2.75) is 25.6 Å². The molecule has 27 heavy (non-hydrogen) atoms. The molecule has 0 unspecified atom stereocenters. The number of hydrogen-bond donors (Lipinski definition) is 1. The van der Waals surface area contributed by atoms with Gasteiger partial charge in [-0.15, -0.1) is 0 Å². The largest absolute Gasteiger partial charge is 0.490 e. The lowest BCUT2D eigenvalue weighted by atomic mass is 10.1. The predicted molar refractivity (Wildman–Crippen MR) is 91.4 cm³/mol. The van der Waals surface area contributed by atoms with Gasteiger partial charge in [0.2, 0.25) is 5.88 Å². The molecule has 1 aliphatic heterocycles. The van der Waals surface area contributed by atoms with Gasteiger partial charge in [0.05, 0.1) is 12.8 Å². The number of carboxylic acids is 1. The zero-order valence-electron chi connectivity index (χ0n) is 14.7. The van der Waals surface area contributed by atoms with Crippen LogP contribution in [0, 0.1) is 0 Å². The molecule has 9 heteroatoms. The minimum atomic E-state index is -5.08. The number of rotatable bonds is 3. The summed E-state index contributed by atoms with van der Waals surface area (Å²) in [5, 5.41) is 7.12. The summed E-state index contributed by atoms with van der Waals surface area (Å²) in [5.41, 5.74) is 3.66. The molecule has 2 heterocycles. The molecular formula is C18H20F3N3O3. The molecule has 1 aromatic carbocycles. The van der Waals surface area contributed by atoms with Gasteiger partial charge in [0.1, 0.15) is 6.33 Å². The topological polar surface area (TPSA) is 75.6 Å². The maximum Gasteiger partial charge on any atom is 0.490 e. The zero-order valence-corrected chi connectivity index (χ0v) is 14.7. The third-order valence-electron chi connectivity index (χ3n) is 4.02. The van der Waals surface area contributed by atoms with E-state index in [1.165, 1.54) is 11.1 Å². The maximum atomic E-state index is 10.6. The Kier molecular flexibility index (Phi) is 7.12. The number of carbonyl (C=O) groups is 1. The summed E-state index contributed by atoms with van der Waals surface area (Å²) in [7, 11) is 1.68. The van der Waals surface area contributed by atoms with Gasteiger partial charge in [0.25, 0.3) is 0 Å². The summed E-state index contributed by atoms with van der Waals surface area (Å²) in [6, 6.07) is 10.6. The lowest BCUT2D eigenvalue weighted by molar-refractivity contribution is -0.192. The lowest BCUT2D eigenvalue weighted by Gasteiger charge is -2.19. The molecule has 6 nitrogen and oxygen atoms in total. The van der Waals surface area contributed by atoms with E-state index in [2.05, 4.69) is 45.2 Å². The highest BCUT2D eigenvalue weighted by Crippen LogP contribution is 2.22. The Hall–Kier alpha value is -2.68. The maximum absolute atomic E-state index is 10.6. The first-order chi connectivity index (χ1) is 12.8. The van der Waals surface area contributed by atoms with E-state index >= 15 is 0 Å². The van der Waals surface area contributed by atoms with Crippen molar-refractivity contribution in [2.24, 2.45) is 0 Å². The molecule has 1 aliphatic rings. The van der Waals surface area contributed by atoms with Crippen LogP contribution in [0.2, 0.25) is 0 Å². The van der Waals surface area contributed by atoms with Crippen LogP contribution in [0.25, 0.3) is 0 Å². The van der Waals surface area contributed by atoms with E-state index in [1.807, 2.05) is 0 Å². The number of hydrogen-bond acceptors (Lipinski definition) is 5. The Morgan fingerprint density at radius 1 is 1.19 bits per heavy atom. The van der Waals surface area contributed by atoms with Gasteiger partial charge >= 0.3 is 12.1 Å². The summed E-state index contributed by atoms with van der Waals surface area (Å²) in [5.74, 6) is -2.02. The molecule has 2 aromatic rings. The van der Waals surface area contributed by atoms with Crippen LogP contribution in [0.4, 0.5) is 13.2 Å². The van der Waals surface area contributed by atoms with Gasteiger partial charge in [-0.25, -0.2) is 14.8 Å². The Morgan fingerprint density at radius 3 is 2.41 bits per heavy atom. The van der Waals surface area contributed by atoms with E-state index in [-0.39, 0.29) is 0 Å². The van der Waals surface area contributed by atoms with Crippen molar-refractivity contribution in [2.75, 3.05) is 20.2 Å². The van der Waals surface area contributed by atoms with E-state index in [0.29, 0.717) is 0 Å². The van der Waals surface area contributed by atoms with Gasteiger partial charge in [-0.1, -0.05) is 30.3 Å². The Morgan fingerprint density at radius 2 is 1.81 bits per heavy atom. The molecule has 3 rings (SSSR count). The molecule has 0 amide bonds. The molecule has 0 atom stereocenters. The smallest absolute Gasteiger partial charge is 0.481 e. The number of fused-ring (bicyclic) bond motifs is 1. The average molecular weight is 383 g/mol. The fourth-order valence-corrected chi connectivity index (χ4v) is 2.72. The minimum Gasteiger partial charge on any atom is -0.481 e. The highest BCUT2D eigenvalue weighted by Gasteiger charge is 2.38. The molecule has 1 N–H and O–H groups in total. The third kappa shape index (κ3) is 6.21. The highest BCUT2D eigenvalue weighted by molar-refractivity contribution is 5.73. The third-order valence-corrected chi connectivity index (χ3v) is 4.02. The van der Waals surface area contributed by atoms with Crippen molar-refractivity contribution in [1.29, 1.82) is 0 Å². The highest BCUT2D eigenvalue weighted by atomic mass is 19.4. The summed E-state index contributed by atoms with van der Waals surface area (Å²) < 4.78 is 37.1. The van der Waals surface area contributed by atoms with Crippen molar-refractivity contribution >= 4 is 5.97 Å². The van der Waals surface area contributed by atoms with Crippen LogP contribution in [-0.2, 0) is 24.2 Å². The van der Waals surface area contributed by atoms with Crippen LogP contribution in [0.5, 0.6) is 5.88 Å². The number of carboxylic acid groups (broad SMARTS) is 1. The van der Waals surface area contributed by atoms with Gasteiger partial charge < -0.3 is 9.84 Å². The minimum absolute atomic E-state index is 0.733. The molecule has 0 radical (unpaired) electrons. The van der Waals surface area contributed by atoms with E-state index in [1.54, 1.807) is 13.4 Å². The van der Waals surface area contributed by atoms with Crippen LogP contribution < -0.4 is 4.74 Å². The monoisotopic (exact) mass is 383 g/mol. The Labute approximate surface area is 154 Å². The quantitative estimate of drug-likeness (QED) is 0.879.